The SMILES string of the molecule is COC(=O)c1ccc(C=C2SC(=S)N(CCC(=O)O)C2=O)cc1. The number of carboxylic acid groups (broad SMARTS) is 1. The molecule has 1 fully saturated rings. The highest BCUT2D eigenvalue weighted by Crippen LogP contribution is 2.32. The molecule has 1 aromatic rings. The van der Waals surface area contributed by atoms with Gasteiger partial charge in [0.15, 0.2) is 0 Å². The van der Waals surface area contributed by atoms with E-state index in [0.29, 0.717) is 14.8 Å². The molecule has 0 unspecified atom stereocenters. The lowest BCUT2D eigenvalue weighted by molar-refractivity contribution is -0.137. The molecule has 0 spiro atoms. The summed E-state index contributed by atoms with van der Waals surface area (Å²) in [6.07, 6.45) is 1.49. The molecular weight excluding hydrogens is 338 g/mol. The van der Waals surface area contributed by atoms with Crippen molar-refractivity contribution >= 4 is 52.2 Å². The van der Waals surface area contributed by atoms with Crippen LogP contribution in [-0.4, -0.2) is 45.8 Å². The van der Waals surface area contributed by atoms with E-state index in [-0.39, 0.29) is 18.9 Å². The first-order valence-corrected chi connectivity index (χ1v) is 7.80. The molecule has 1 N–H and O–H groups in total. The maximum atomic E-state index is 12.2. The molecule has 2 rings (SSSR count). The van der Waals surface area contributed by atoms with Gasteiger partial charge < -0.3 is 9.84 Å². The second kappa shape index (κ2) is 7.38. The van der Waals surface area contributed by atoms with E-state index < -0.39 is 11.9 Å². The highest BCUT2D eigenvalue weighted by molar-refractivity contribution is 8.26. The Hall–Kier alpha value is -2.19. The van der Waals surface area contributed by atoms with Crippen LogP contribution < -0.4 is 0 Å². The van der Waals surface area contributed by atoms with Gasteiger partial charge in [0.05, 0.1) is 24.0 Å². The number of hydrogen-bond acceptors (Lipinski definition) is 6. The van der Waals surface area contributed by atoms with E-state index in [9.17, 15) is 14.4 Å². The number of thioether (sulfide) groups is 1. The summed E-state index contributed by atoms with van der Waals surface area (Å²) < 4.78 is 4.96. The van der Waals surface area contributed by atoms with Gasteiger partial charge in [-0.2, -0.15) is 0 Å². The van der Waals surface area contributed by atoms with Crippen molar-refractivity contribution in [2.45, 2.75) is 6.42 Å². The van der Waals surface area contributed by atoms with Crippen LogP contribution in [0.3, 0.4) is 0 Å². The summed E-state index contributed by atoms with van der Waals surface area (Å²) in [6, 6.07) is 6.58. The molecule has 1 heterocycles. The third kappa shape index (κ3) is 4.17. The van der Waals surface area contributed by atoms with Crippen molar-refractivity contribution in [3.8, 4) is 0 Å². The highest BCUT2D eigenvalue weighted by Gasteiger charge is 2.31. The lowest BCUT2D eigenvalue weighted by Gasteiger charge is -2.12. The zero-order valence-electron chi connectivity index (χ0n) is 12.1. The van der Waals surface area contributed by atoms with Gasteiger partial charge in [0, 0.05) is 6.54 Å². The minimum atomic E-state index is -0.985. The molecule has 0 aliphatic carbocycles. The third-order valence-corrected chi connectivity index (χ3v) is 4.43. The first-order chi connectivity index (χ1) is 10.9. The summed E-state index contributed by atoms with van der Waals surface area (Å²) in [5.74, 6) is -1.73. The van der Waals surface area contributed by atoms with Gasteiger partial charge >= 0.3 is 11.9 Å². The van der Waals surface area contributed by atoms with Crippen LogP contribution in [0.15, 0.2) is 29.2 Å². The predicted octanol–water partition coefficient (Wildman–Crippen LogP) is 2.15. The Labute approximate surface area is 142 Å². The molecule has 1 saturated heterocycles. The molecule has 0 radical (unpaired) electrons. The smallest absolute Gasteiger partial charge is 0.337 e. The number of carboxylic acids is 1. The quantitative estimate of drug-likeness (QED) is 0.494. The number of hydrogen-bond donors (Lipinski definition) is 1. The van der Waals surface area contributed by atoms with Crippen molar-refractivity contribution < 1.29 is 24.2 Å². The van der Waals surface area contributed by atoms with Crippen LogP contribution in [0.4, 0.5) is 0 Å². The summed E-state index contributed by atoms with van der Waals surface area (Å²) in [5.41, 5.74) is 1.15. The monoisotopic (exact) mass is 351 g/mol. The summed E-state index contributed by atoms with van der Waals surface area (Å²) >= 11 is 6.23. The van der Waals surface area contributed by atoms with Crippen LogP contribution in [0.25, 0.3) is 6.08 Å². The normalized spacial score (nSPS) is 16.0. The standard InChI is InChI=1S/C15H13NO5S2/c1-21-14(20)10-4-2-9(3-5-10)8-11-13(19)16(15(22)23-11)7-6-12(17)18/h2-5,8H,6-7H2,1H3,(H,17,18). The van der Waals surface area contributed by atoms with E-state index in [1.165, 1.54) is 12.0 Å². The molecule has 8 heteroatoms. The van der Waals surface area contributed by atoms with Crippen LogP contribution in [0.5, 0.6) is 0 Å². The third-order valence-electron chi connectivity index (χ3n) is 3.05. The molecule has 1 aromatic carbocycles. The number of aliphatic carboxylic acids is 1. The number of thiocarbonyl (C=S) groups is 1. The van der Waals surface area contributed by atoms with Crippen molar-refractivity contribution in [2.24, 2.45) is 0 Å². The van der Waals surface area contributed by atoms with Gasteiger partial charge in [0.1, 0.15) is 4.32 Å². The predicted molar refractivity (Wildman–Crippen MR) is 89.9 cm³/mol. The highest BCUT2D eigenvalue weighted by atomic mass is 32.2. The minimum absolute atomic E-state index is 0.0542. The van der Waals surface area contributed by atoms with E-state index in [2.05, 4.69) is 4.74 Å². The number of nitrogens with zero attached hydrogens (tertiary/aromatic N) is 1. The van der Waals surface area contributed by atoms with E-state index >= 15 is 0 Å². The van der Waals surface area contributed by atoms with E-state index in [1.807, 2.05) is 0 Å². The van der Waals surface area contributed by atoms with Crippen LogP contribution in [-0.2, 0) is 14.3 Å². The Morgan fingerprint density at radius 3 is 2.57 bits per heavy atom. The minimum Gasteiger partial charge on any atom is -0.481 e. The second-order valence-electron chi connectivity index (χ2n) is 4.59. The Bertz CT molecular complexity index is 696. The molecule has 0 atom stereocenters. The Kier molecular flexibility index (Phi) is 5.51. The van der Waals surface area contributed by atoms with Gasteiger partial charge in [0.25, 0.3) is 5.91 Å². The van der Waals surface area contributed by atoms with E-state index in [4.69, 9.17) is 17.3 Å². The zero-order valence-corrected chi connectivity index (χ0v) is 13.8. The number of esters is 1. The number of carbonyl (C=O) groups excluding carboxylic acids is 2. The van der Waals surface area contributed by atoms with Crippen molar-refractivity contribution in [3.63, 3.8) is 0 Å². The van der Waals surface area contributed by atoms with Gasteiger partial charge in [0.2, 0.25) is 0 Å². The first kappa shape index (κ1) is 17.2. The summed E-state index contributed by atoms with van der Waals surface area (Å²) in [7, 11) is 1.30. The molecule has 0 saturated carbocycles. The molecule has 120 valence electrons. The van der Waals surface area contributed by atoms with Crippen LogP contribution >= 0.6 is 24.0 Å². The van der Waals surface area contributed by atoms with E-state index in [0.717, 1.165) is 17.3 Å². The van der Waals surface area contributed by atoms with Crippen LogP contribution in [0.1, 0.15) is 22.3 Å². The average molecular weight is 351 g/mol. The van der Waals surface area contributed by atoms with Gasteiger partial charge in [-0.15, -0.1) is 0 Å². The summed E-state index contributed by atoms with van der Waals surface area (Å²) in [5, 5.41) is 8.70. The Balaban J connectivity index is 2.14. The molecule has 6 nitrogen and oxygen atoms in total. The van der Waals surface area contributed by atoms with Gasteiger partial charge in [-0.3, -0.25) is 14.5 Å². The van der Waals surface area contributed by atoms with Gasteiger partial charge in [-0.05, 0) is 23.8 Å². The van der Waals surface area contributed by atoms with E-state index in [1.54, 1.807) is 30.3 Å². The van der Waals surface area contributed by atoms with Gasteiger partial charge in [-0.1, -0.05) is 36.1 Å². The van der Waals surface area contributed by atoms with Gasteiger partial charge in [-0.25, -0.2) is 4.79 Å². The molecule has 23 heavy (non-hydrogen) atoms. The van der Waals surface area contributed by atoms with Crippen LogP contribution in [0, 0.1) is 0 Å². The Morgan fingerprint density at radius 2 is 2.00 bits per heavy atom. The fourth-order valence-corrected chi connectivity index (χ4v) is 3.19. The fraction of sp³-hybridized carbons (Fsp3) is 0.200. The number of methoxy groups -OCH3 is 1. The summed E-state index contributed by atoms with van der Waals surface area (Å²) in [6.45, 7) is 0.0542. The average Bonchev–Trinajstić information content (AvgIpc) is 2.79. The van der Waals surface area contributed by atoms with Crippen molar-refractivity contribution in [1.29, 1.82) is 0 Å². The topological polar surface area (TPSA) is 83.9 Å². The number of rotatable bonds is 5. The second-order valence-corrected chi connectivity index (χ2v) is 6.27. The first-order valence-electron chi connectivity index (χ1n) is 6.58. The summed E-state index contributed by atoms with van der Waals surface area (Å²) in [4.78, 5) is 35.9. The number of benzene rings is 1. The lowest BCUT2D eigenvalue weighted by Crippen LogP contribution is -2.30. The molecule has 1 amide bonds. The maximum absolute atomic E-state index is 12.2. The number of carbonyl (C=O) groups is 3. The largest absolute Gasteiger partial charge is 0.481 e. The molecule has 1 aliphatic rings. The lowest BCUT2D eigenvalue weighted by atomic mass is 10.1. The maximum Gasteiger partial charge on any atom is 0.337 e. The Morgan fingerprint density at radius 1 is 1.35 bits per heavy atom. The van der Waals surface area contributed by atoms with Crippen molar-refractivity contribution in [2.75, 3.05) is 13.7 Å². The van der Waals surface area contributed by atoms with Crippen molar-refractivity contribution in [3.05, 3.63) is 40.3 Å². The molecule has 0 aromatic heterocycles. The fourth-order valence-electron chi connectivity index (χ4n) is 1.88. The number of amides is 1. The number of ether oxygens (including phenoxy) is 1. The molecule has 0 bridgehead atoms. The molecule has 1 aliphatic heterocycles. The van der Waals surface area contributed by atoms with Crippen LogP contribution in [0.2, 0.25) is 0 Å². The van der Waals surface area contributed by atoms with Crippen molar-refractivity contribution in [1.82, 2.24) is 4.90 Å². The zero-order chi connectivity index (χ0) is 17.0. The molecular formula is C15H13NO5S2.